The molecular weight excluding hydrogens is 160 g/mol. The van der Waals surface area contributed by atoms with Crippen molar-refractivity contribution in [2.75, 3.05) is 6.54 Å². The SMILES string of the molecule is CC(C)N1CCCn2cccc2C1. The molecule has 1 aliphatic heterocycles. The zero-order chi connectivity index (χ0) is 9.26. The van der Waals surface area contributed by atoms with Gasteiger partial charge in [-0.3, -0.25) is 4.90 Å². The summed E-state index contributed by atoms with van der Waals surface area (Å²) < 4.78 is 2.38. The zero-order valence-corrected chi connectivity index (χ0v) is 8.53. The van der Waals surface area contributed by atoms with Crippen LogP contribution >= 0.6 is 0 Å². The van der Waals surface area contributed by atoms with Gasteiger partial charge in [-0.2, -0.15) is 0 Å². The maximum Gasteiger partial charge on any atom is 0.0389 e. The molecule has 1 aromatic heterocycles. The van der Waals surface area contributed by atoms with Crippen LogP contribution < -0.4 is 0 Å². The van der Waals surface area contributed by atoms with Gasteiger partial charge in [-0.05, 0) is 32.4 Å². The molecular formula is C11H18N2. The third-order valence-corrected chi connectivity index (χ3v) is 2.86. The predicted molar refractivity (Wildman–Crippen MR) is 54.6 cm³/mol. The number of fused-ring (bicyclic) bond motifs is 1. The molecule has 0 unspecified atom stereocenters. The number of hydrogen-bond donors (Lipinski definition) is 0. The van der Waals surface area contributed by atoms with E-state index >= 15 is 0 Å². The molecule has 0 atom stereocenters. The van der Waals surface area contributed by atoms with E-state index in [4.69, 9.17) is 0 Å². The molecule has 72 valence electrons. The van der Waals surface area contributed by atoms with E-state index in [0.717, 1.165) is 6.54 Å². The molecule has 2 nitrogen and oxygen atoms in total. The van der Waals surface area contributed by atoms with Crippen LogP contribution in [-0.4, -0.2) is 22.1 Å². The Kier molecular flexibility index (Phi) is 2.40. The second-order valence-corrected chi connectivity index (χ2v) is 4.11. The van der Waals surface area contributed by atoms with Gasteiger partial charge in [-0.1, -0.05) is 0 Å². The van der Waals surface area contributed by atoms with E-state index in [0.29, 0.717) is 6.04 Å². The lowest BCUT2D eigenvalue weighted by Crippen LogP contribution is -2.30. The lowest BCUT2D eigenvalue weighted by molar-refractivity contribution is 0.216. The topological polar surface area (TPSA) is 8.17 Å². The maximum absolute atomic E-state index is 2.54. The third kappa shape index (κ3) is 1.78. The molecule has 0 radical (unpaired) electrons. The highest BCUT2D eigenvalue weighted by atomic mass is 15.2. The van der Waals surface area contributed by atoms with Gasteiger partial charge in [0.05, 0.1) is 0 Å². The summed E-state index contributed by atoms with van der Waals surface area (Å²) in [6, 6.07) is 5.06. The van der Waals surface area contributed by atoms with Crippen molar-refractivity contribution < 1.29 is 0 Å². The molecule has 0 aromatic carbocycles. The van der Waals surface area contributed by atoms with E-state index in [1.165, 1.54) is 25.2 Å². The molecule has 2 rings (SSSR count). The minimum Gasteiger partial charge on any atom is -0.350 e. The lowest BCUT2D eigenvalue weighted by atomic mass is 10.3. The largest absolute Gasteiger partial charge is 0.350 e. The summed E-state index contributed by atoms with van der Waals surface area (Å²) in [5, 5.41) is 0. The highest BCUT2D eigenvalue weighted by Crippen LogP contribution is 2.14. The fourth-order valence-electron chi connectivity index (χ4n) is 1.98. The number of aryl methyl sites for hydroxylation is 1. The van der Waals surface area contributed by atoms with Gasteiger partial charge in [-0.25, -0.2) is 0 Å². The summed E-state index contributed by atoms with van der Waals surface area (Å²) in [7, 11) is 0. The lowest BCUT2D eigenvalue weighted by Gasteiger charge is -2.23. The van der Waals surface area contributed by atoms with Crippen molar-refractivity contribution in [3.05, 3.63) is 24.0 Å². The Hall–Kier alpha value is -0.760. The van der Waals surface area contributed by atoms with Crippen molar-refractivity contribution in [1.29, 1.82) is 0 Å². The molecule has 0 saturated heterocycles. The molecule has 2 heteroatoms. The quantitative estimate of drug-likeness (QED) is 0.639. The van der Waals surface area contributed by atoms with Crippen molar-refractivity contribution >= 4 is 0 Å². The minimum atomic E-state index is 0.668. The van der Waals surface area contributed by atoms with Crippen LogP contribution in [0.2, 0.25) is 0 Å². The number of aromatic nitrogens is 1. The predicted octanol–water partition coefficient (Wildman–Crippen LogP) is 2.10. The molecule has 13 heavy (non-hydrogen) atoms. The molecule has 0 saturated carbocycles. The Labute approximate surface area is 80.2 Å². The average molecular weight is 178 g/mol. The first-order valence-electron chi connectivity index (χ1n) is 5.15. The molecule has 0 spiro atoms. The summed E-state index contributed by atoms with van der Waals surface area (Å²) >= 11 is 0. The fourth-order valence-corrected chi connectivity index (χ4v) is 1.98. The van der Waals surface area contributed by atoms with E-state index in [1.807, 2.05) is 0 Å². The maximum atomic E-state index is 2.54. The summed E-state index contributed by atoms with van der Waals surface area (Å²) in [5.74, 6) is 0. The highest BCUT2D eigenvalue weighted by molar-refractivity contribution is 5.08. The number of nitrogens with zero attached hydrogens (tertiary/aromatic N) is 2. The molecule has 0 fully saturated rings. The third-order valence-electron chi connectivity index (χ3n) is 2.86. The Bertz CT molecular complexity index is 275. The fraction of sp³-hybridized carbons (Fsp3) is 0.636. The van der Waals surface area contributed by atoms with Crippen LogP contribution in [0.4, 0.5) is 0 Å². The first-order valence-corrected chi connectivity index (χ1v) is 5.15. The van der Waals surface area contributed by atoms with Crippen molar-refractivity contribution in [2.24, 2.45) is 0 Å². The van der Waals surface area contributed by atoms with Crippen molar-refractivity contribution in [1.82, 2.24) is 9.47 Å². The van der Waals surface area contributed by atoms with Gasteiger partial charge < -0.3 is 4.57 Å². The second-order valence-electron chi connectivity index (χ2n) is 4.11. The van der Waals surface area contributed by atoms with Gasteiger partial charge in [0.1, 0.15) is 0 Å². The molecule has 0 amide bonds. The summed E-state index contributed by atoms with van der Waals surface area (Å²) in [4.78, 5) is 2.54. The smallest absolute Gasteiger partial charge is 0.0389 e. The van der Waals surface area contributed by atoms with Crippen LogP contribution in [0.3, 0.4) is 0 Å². The normalized spacial score (nSPS) is 18.7. The van der Waals surface area contributed by atoms with Gasteiger partial charge >= 0.3 is 0 Å². The number of hydrogen-bond acceptors (Lipinski definition) is 1. The van der Waals surface area contributed by atoms with Gasteiger partial charge in [0.25, 0.3) is 0 Å². The first-order chi connectivity index (χ1) is 6.27. The zero-order valence-electron chi connectivity index (χ0n) is 8.53. The Morgan fingerprint density at radius 3 is 2.92 bits per heavy atom. The van der Waals surface area contributed by atoms with Crippen LogP contribution in [0.5, 0.6) is 0 Å². The monoisotopic (exact) mass is 178 g/mol. The van der Waals surface area contributed by atoms with Gasteiger partial charge in [0.2, 0.25) is 0 Å². The Balaban J connectivity index is 2.17. The van der Waals surface area contributed by atoms with Gasteiger partial charge in [0.15, 0.2) is 0 Å². The van der Waals surface area contributed by atoms with Crippen LogP contribution in [0, 0.1) is 0 Å². The highest BCUT2D eigenvalue weighted by Gasteiger charge is 2.15. The van der Waals surface area contributed by atoms with Crippen molar-refractivity contribution in [3.63, 3.8) is 0 Å². The van der Waals surface area contributed by atoms with Crippen LogP contribution in [0.1, 0.15) is 26.0 Å². The molecule has 0 N–H and O–H groups in total. The molecule has 2 heterocycles. The van der Waals surface area contributed by atoms with Crippen LogP contribution in [0.25, 0.3) is 0 Å². The molecule has 0 aliphatic carbocycles. The Morgan fingerprint density at radius 1 is 1.31 bits per heavy atom. The van der Waals surface area contributed by atoms with E-state index in [9.17, 15) is 0 Å². The summed E-state index contributed by atoms with van der Waals surface area (Å²) in [5.41, 5.74) is 1.46. The molecule has 1 aromatic rings. The first kappa shape index (κ1) is 8.82. The summed E-state index contributed by atoms with van der Waals surface area (Å²) in [6.45, 7) is 8.09. The van der Waals surface area contributed by atoms with Crippen molar-refractivity contribution in [2.45, 2.75) is 39.4 Å². The average Bonchev–Trinajstić information content (AvgIpc) is 2.42. The molecule has 1 aliphatic rings. The van der Waals surface area contributed by atoms with Crippen molar-refractivity contribution in [3.8, 4) is 0 Å². The molecule has 0 bridgehead atoms. The minimum absolute atomic E-state index is 0.668. The Morgan fingerprint density at radius 2 is 2.15 bits per heavy atom. The van der Waals surface area contributed by atoms with Crippen LogP contribution in [0.15, 0.2) is 18.3 Å². The van der Waals surface area contributed by atoms with Crippen LogP contribution in [-0.2, 0) is 13.1 Å². The van der Waals surface area contributed by atoms with E-state index in [2.05, 4.69) is 41.6 Å². The van der Waals surface area contributed by atoms with E-state index in [-0.39, 0.29) is 0 Å². The van der Waals surface area contributed by atoms with E-state index in [1.54, 1.807) is 0 Å². The van der Waals surface area contributed by atoms with Gasteiger partial charge in [0, 0.05) is 37.6 Å². The number of rotatable bonds is 1. The standard InChI is InChI=1S/C11H18N2/c1-10(2)13-8-4-7-12-6-3-5-11(12)9-13/h3,5-6,10H,4,7-9H2,1-2H3. The van der Waals surface area contributed by atoms with Gasteiger partial charge in [-0.15, -0.1) is 0 Å². The van der Waals surface area contributed by atoms with E-state index < -0.39 is 0 Å². The summed E-state index contributed by atoms with van der Waals surface area (Å²) in [6.07, 6.45) is 3.47. The second kappa shape index (κ2) is 3.54.